The van der Waals surface area contributed by atoms with Gasteiger partial charge in [0.2, 0.25) is 5.69 Å². The molecule has 2 aromatic heterocycles. The van der Waals surface area contributed by atoms with Crippen molar-refractivity contribution < 1.29 is 22.3 Å². The first-order valence-corrected chi connectivity index (χ1v) is 15.8. The van der Waals surface area contributed by atoms with Crippen molar-refractivity contribution in [3.8, 4) is 5.75 Å². The Morgan fingerprint density at radius 1 is 1.12 bits per heavy atom. The summed E-state index contributed by atoms with van der Waals surface area (Å²) in [6.07, 6.45) is 5.98. The van der Waals surface area contributed by atoms with Crippen LogP contribution >= 0.6 is 23.1 Å². The molecule has 0 saturated carbocycles. The fourth-order valence-corrected chi connectivity index (χ4v) is 7.09. The van der Waals surface area contributed by atoms with Gasteiger partial charge in [0, 0.05) is 42.8 Å². The number of nitrogens with zero attached hydrogens (tertiary/aromatic N) is 3. The van der Waals surface area contributed by atoms with E-state index in [1.807, 2.05) is 68.1 Å². The van der Waals surface area contributed by atoms with E-state index < -0.39 is 10.1 Å². The van der Waals surface area contributed by atoms with Gasteiger partial charge < -0.3 is 14.2 Å². The summed E-state index contributed by atoms with van der Waals surface area (Å²) in [5.74, 6) is 0.810. The third kappa shape index (κ3) is 6.82. The molecule has 1 aliphatic heterocycles. The van der Waals surface area contributed by atoms with Crippen LogP contribution in [0.3, 0.4) is 0 Å². The molecule has 0 saturated heterocycles. The molecule has 3 heterocycles. The molecular formula is C30H31N3O5S3. The molecular weight excluding hydrogens is 579 g/mol. The Hall–Kier alpha value is -3.64. The predicted molar refractivity (Wildman–Crippen MR) is 164 cm³/mol. The number of anilines is 1. The molecule has 0 unspecified atom stereocenters. The van der Waals surface area contributed by atoms with Crippen LogP contribution in [0.4, 0.5) is 5.69 Å². The molecule has 5 rings (SSSR count). The van der Waals surface area contributed by atoms with Crippen molar-refractivity contribution in [2.45, 2.75) is 36.7 Å². The summed E-state index contributed by atoms with van der Waals surface area (Å²) in [7, 11) is -0.603. The summed E-state index contributed by atoms with van der Waals surface area (Å²) in [6, 6.07) is 17.9. The van der Waals surface area contributed by atoms with Crippen LogP contribution in [-0.4, -0.2) is 31.7 Å². The normalized spacial score (nSPS) is 14.4. The fourth-order valence-electron chi connectivity index (χ4n) is 4.18. The zero-order chi connectivity index (χ0) is 29.7. The summed E-state index contributed by atoms with van der Waals surface area (Å²) < 4.78 is 42.2. The average molecular weight is 610 g/mol. The number of fused-ring (bicyclic) bond motifs is 1. The maximum absolute atomic E-state index is 13.3. The number of hydrogen-bond acceptors (Lipinski definition) is 8. The predicted octanol–water partition coefficient (Wildman–Crippen LogP) is 3.45. The first-order chi connectivity index (χ1) is 19.6. The molecule has 2 aromatic carbocycles. The highest BCUT2D eigenvalue weighted by molar-refractivity contribution is 8.08. The van der Waals surface area contributed by atoms with Gasteiger partial charge in [0.1, 0.15) is 30.1 Å². The fraction of sp³-hybridized carbons (Fsp3) is 0.200. The van der Waals surface area contributed by atoms with Crippen molar-refractivity contribution in [2.24, 2.45) is 0 Å². The van der Waals surface area contributed by atoms with Gasteiger partial charge in [-0.25, -0.2) is 8.42 Å². The summed E-state index contributed by atoms with van der Waals surface area (Å²) in [4.78, 5) is 16.3. The van der Waals surface area contributed by atoms with E-state index in [-0.39, 0.29) is 10.5 Å². The number of hydrogen-bond donors (Lipinski definition) is 0. The van der Waals surface area contributed by atoms with E-state index in [2.05, 4.69) is 28.2 Å². The summed E-state index contributed by atoms with van der Waals surface area (Å²) >= 11 is 3.17. The number of rotatable bonds is 6. The number of allylic oxidation sites excluding steroid dienone is 1. The Morgan fingerprint density at radius 2 is 1.85 bits per heavy atom. The molecule has 214 valence electrons. The molecule has 0 radical (unpaired) electrons. The molecule has 0 spiro atoms. The second kappa shape index (κ2) is 12.9. The minimum absolute atomic E-state index is 0.0501. The van der Waals surface area contributed by atoms with E-state index in [1.165, 1.54) is 23.5 Å². The summed E-state index contributed by atoms with van der Waals surface area (Å²) in [6.45, 7) is 9.01. The van der Waals surface area contributed by atoms with Crippen molar-refractivity contribution in [3.63, 3.8) is 0 Å². The van der Waals surface area contributed by atoms with Crippen molar-refractivity contribution >= 4 is 50.0 Å². The third-order valence-corrected chi connectivity index (χ3v) is 9.68. The lowest BCUT2D eigenvalue weighted by Crippen LogP contribution is -2.37. The minimum Gasteiger partial charge on any atom is -0.744 e. The maximum atomic E-state index is 13.3. The van der Waals surface area contributed by atoms with Gasteiger partial charge in [-0.1, -0.05) is 36.0 Å². The Morgan fingerprint density at radius 3 is 2.49 bits per heavy atom. The number of benzene rings is 2. The van der Waals surface area contributed by atoms with Gasteiger partial charge in [-0.3, -0.25) is 9.36 Å². The maximum Gasteiger partial charge on any atom is 0.271 e. The standard InChI is InChI=1S/C23H24N3O2S2.C7H8O3S/c1-5-12-25-13-8-7-9-16(25)14-20-26(6-2)22(27)21(30-20)23-24(3)18-15-17(28-4)10-11-19(18)29-23;1-6-2-4-7(5-3-6)11(8,9)10/h5,7-11,13-15H,1,6,12H2,2-4H3;2-5H,1H3,(H,8,9,10)/q+1;/p-1. The van der Waals surface area contributed by atoms with Crippen LogP contribution < -0.4 is 29.0 Å². The summed E-state index contributed by atoms with van der Waals surface area (Å²) in [5, 5.41) is 0.960. The average Bonchev–Trinajstić information content (AvgIpc) is 3.44. The second-order valence-electron chi connectivity index (χ2n) is 9.10. The molecule has 0 amide bonds. The van der Waals surface area contributed by atoms with Crippen LogP contribution in [0.1, 0.15) is 18.2 Å². The zero-order valence-corrected chi connectivity index (χ0v) is 25.7. The van der Waals surface area contributed by atoms with Crippen LogP contribution in [0.2, 0.25) is 0 Å². The van der Waals surface area contributed by atoms with E-state index in [4.69, 9.17) is 4.74 Å². The van der Waals surface area contributed by atoms with Gasteiger partial charge in [0.15, 0.2) is 12.7 Å². The minimum atomic E-state index is -4.27. The zero-order valence-electron chi connectivity index (χ0n) is 23.2. The molecule has 0 atom stereocenters. The van der Waals surface area contributed by atoms with Crippen LogP contribution in [0, 0.1) is 6.92 Å². The highest BCUT2D eigenvalue weighted by Crippen LogP contribution is 2.46. The number of ether oxygens (including phenoxy) is 1. The molecule has 1 aliphatic rings. The van der Waals surface area contributed by atoms with Crippen LogP contribution in [0.15, 0.2) is 94.1 Å². The van der Waals surface area contributed by atoms with Gasteiger partial charge >= 0.3 is 0 Å². The largest absolute Gasteiger partial charge is 0.744 e. The van der Waals surface area contributed by atoms with Gasteiger partial charge in [0.25, 0.3) is 5.56 Å². The Balaban J connectivity index is 0.000000296. The van der Waals surface area contributed by atoms with Crippen LogP contribution in [0.5, 0.6) is 5.75 Å². The van der Waals surface area contributed by atoms with Gasteiger partial charge in [0.05, 0.1) is 17.7 Å². The number of methoxy groups -OCH3 is 1. The lowest BCUT2D eigenvalue weighted by molar-refractivity contribution is -0.688. The van der Waals surface area contributed by atoms with E-state index >= 15 is 0 Å². The highest BCUT2D eigenvalue weighted by Gasteiger charge is 2.25. The first-order valence-electron chi connectivity index (χ1n) is 12.7. The van der Waals surface area contributed by atoms with Crippen molar-refractivity contribution in [1.82, 2.24) is 4.57 Å². The number of thiazole rings is 1. The monoisotopic (exact) mass is 609 g/mol. The van der Waals surface area contributed by atoms with E-state index in [0.717, 1.165) is 41.8 Å². The Bertz CT molecular complexity index is 1860. The Labute approximate surface area is 247 Å². The number of thioether (sulfide) groups is 1. The number of pyridine rings is 1. The molecule has 41 heavy (non-hydrogen) atoms. The molecule has 4 aromatic rings. The van der Waals surface area contributed by atoms with Crippen LogP contribution in [-0.2, 0) is 23.2 Å². The number of aryl methyl sites for hydroxylation is 1. The summed E-state index contributed by atoms with van der Waals surface area (Å²) in [5.41, 5.74) is 3.08. The lowest BCUT2D eigenvalue weighted by atomic mass is 10.2. The van der Waals surface area contributed by atoms with E-state index in [9.17, 15) is 17.8 Å². The van der Waals surface area contributed by atoms with Crippen LogP contribution in [0.25, 0.3) is 11.1 Å². The van der Waals surface area contributed by atoms with E-state index in [0.29, 0.717) is 13.1 Å². The molecule has 0 aliphatic carbocycles. The quantitative estimate of drug-likeness (QED) is 0.188. The van der Waals surface area contributed by atoms with Gasteiger partial charge in [-0.15, -0.1) is 11.3 Å². The molecule has 0 fully saturated rings. The van der Waals surface area contributed by atoms with Gasteiger partial charge in [-0.2, -0.15) is 4.57 Å². The SMILES string of the molecule is C=CC[n+]1ccccc1C=c1sc(=C2Sc3ccc(OC)cc3N2C)c(=O)n1CC.Cc1ccc(S(=O)(=O)[O-])cc1. The lowest BCUT2D eigenvalue weighted by Gasteiger charge is -2.13. The topological polar surface area (TPSA) is 95.6 Å². The molecule has 8 nitrogen and oxygen atoms in total. The number of aromatic nitrogens is 2. The smallest absolute Gasteiger partial charge is 0.271 e. The first kappa shape index (κ1) is 30.3. The van der Waals surface area contributed by atoms with Crippen molar-refractivity contribution in [3.05, 3.63) is 110 Å². The second-order valence-corrected chi connectivity index (χ2v) is 12.5. The van der Waals surface area contributed by atoms with Crippen molar-refractivity contribution in [2.75, 3.05) is 19.1 Å². The van der Waals surface area contributed by atoms with E-state index in [1.54, 1.807) is 31.0 Å². The molecule has 11 heteroatoms. The Kier molecular flexibility index (Phi) is 9.54. The molecule has 0 bridgehead atoms. The highest BCUT2D eigenvalue weighted by atomic mass is 32.2. The van der Waals surface area contributed by atoms with Gasteiger partial charge in [-0.05, 0) is 50.3 Å². The van der Waals surface area contributed by atoms with Crippen molar-refractivity contribution in [1.29, 1.82) is 0 Å². The third-order valence-electron chi connectivity index (χ3n) is 6.34. The molecule has 0 N–H and O–H groups in total.